The van der Waals surface area contributed by atoms with Crippen molar-refractivity contribution >= 4 is 33.2 Å². The molecule has 1 aliphatic carbocycles. The van der Waals surface area contributed by atoms with E-state index < -0.39 is 12.3 Å². The molecule has 1 heterocycles. The molecule has 0 spiro atoms. The number of fused-ring (bicyclic) bond motifs is 3. The van der Waals surface area contributed by atoms with Gasteiger partial charge in [-0.25, -0.2) is 0 Å². The van der Waals surface area contributed by atoms with E-state index in [0.717, 1.165) is 16.8 Å². The molecule has 3 aromatic carbocycles. The van der Waals surface area contributed by atoms with E-state index >= 15 is 0 Å². The highest BCUT2D eigenvalue weighted by Gasteiger charge is 2.40. The van der Waals surface area contributed by atoms with E-state index in [-0.39, 0.29) is 23.0 Å². The van der Waals surface area contributed by atoms with Gasteiger partial charge in [0.1, 0.15) is 11.7 Å². The van der Waals surface area contributed by atoms with E-state index in [4.69, 9.17) is 0 Å². The molecule has 4 aromatic rings. The lowest BCUT2D eigenvalue weighted by molar-refractivity contribution is -0.274. The first-order valence-electron chi connectivity index (χ1n) is 9.08. The fourth-order valence-corrected chi connectivity index (χ4v) is 3.82. The lowest BCUT2D eigenvalue weighted by Crippen LogP contribution is -2.17. The molecule has 5 rings (SSSR count). The quantitative estimate of drug-likeness (QED) is 0.415. The van der Waals surface area contributed by atoms with Crippen LogP contribution in [0.4, 0.5) is 13.2 Å². The molecule has 0 atom stereocenters. The number of aromatic nitrogens is 1. The molecule has 0 N–H and O–H groups in total. The van der Waals surface area contributed by atoms with E-state index in [9.17, 15) is 22.8 Å². The SMILES string of the molecule is O=C1c2cc3ccccc3cc2C(=O)C1c1ccc2cc(OC(F)(F)F)ccc2n1. The van der Waals surface area contributed by atoms with Gasteiger partial charge in [0.15, 0.2) is 11.6 Å². The van der Waals surface area contributed by atoms with Crippen molar-refractivity contribution in [3.8, 4) is 5.75 Å². The number of hydrogen-bond acceptors (Lipinski definition) is 4. The molecule has 0 bridgehead atoms. The second-order valence-corrected chi connectivity index (χ2v) is 7.04. The maximum atomic E-state index is 13.0. The first-order valence-corrected chi connectivity index (χ1v) is 9.08. The number of halogens is 3. The van der Waals surface area contributed by atoms with Crippen LogP contribution in [0.2, 0.25) is 0 Å². The van der Waals surface area contributed by atoms with Gasteiger partial charge in [-0.1, -0.05) is 30.3 Å². The van der Waals surface area contributed by atoms with Crippen LogP contribution in [0.3, 0.4) is 0 Å². The summed E-state index contributed by atoms with van der Waals surface area (Å²) in [6.45, 7) is 0. The van der Waals surface area contributed by atoms with Crippen LogP contribution in [-0.2, 0) is 0 Å². The summed E-state index contributed by atoms with van der Waals surface area (Å²) < 4.78 is 41.2. The lowest BCUT2D eigenvalue weighted by atomic mass is 9.98. The van der Waals surface area contributed by atoms with Gasteiger partial charge in [-0.05, 0) is 47.2 Å². The Morgan fingerprint density at radius 2 is 1.40 bits per heavy atom. The van der Waals surface area contributed by atoms with Crippen molar-refractivity contribution in [1.82, 2.24) is 4.98 Å². The standard InChI is InChI=1S/C23H12F3NO3/c24-23(25,26)30-15-6-8-18-14(9-15)5-7-19(27-18)20-21(28)16-10-12-3-1-2-4-13(12)11-17(16)22(20)29/h1-11,20H. The Labute approximate surface area is 167 Å². The van der Waals surface area contributed by atoms with Crippen LogP contribution < -0.4 is 4.74 Å². The maximum absolute atomic E-state index is 13.0. The molecule has 7 heteroatoms. The molecule has 0 amide bonds. The first kappa shape index (κ1) is 18.3. The number of nitrogens with zero attached hydrogens (tertiary/aromatic N) is 1. The van der Waals surface area contributed by atoms with Crippen LogP contribution in [0, 0.1) is 0 Å². The molecule has 0 fully saturated rings. The van der Waals surface area contributed by atoms with Gasteiger partial charge in [-0.2, -0.15) is 0 Å². The Hall–Kier alpha value is -3.74. The molecule has 0 saturated heterocycles. The zero-order valence-electron chi connectivity index (χ0n) is 15.2. The number of ether oxygens (including phenoxy) is 1. The molecule has 30 heavy (non-hydrogen) atoms. The molecule has 0 unspecified atom stereocenters. The minimum Gasteiger partial charge on any atom is -0.406 e. The number of carbonyl (C=O) groups excluding carboxylic acids is 2. The van der Waals surface area contributed by atoms with Crippen molar-refractivity contribution in [2.24, 2.45) is 0 Å². The highest BCUT2D eigenvalue weighted by atomic mass is 19.4. The Balaban J connectivity index is 1.54. The molecule has 0 radical (unpaired) electrons. The van der Waals surface area contributed by atoms with E-state index in [1.165, 1.54) is 24.3 Å². The Bertz CT molecular complexity index is 1310. The topological polar surface area (TPSA) is 56.3 Å². The fourth-order valence-electron chi connectivity index (χ4n) is 3.82. The number of carbonyl (C=O) groups is 2. The molecular weight excluding hydrogens is 395 g/mol. The van der Waals surface area contributed by atoms with Gasteiger partial charge in [-0.3, -0.25) is 14.6 Å². The summed E-state index contributed by atoms with van der Waals surface area (Å²) in [6.07, 6.45) is -4.79. The van der Waals surface area contributed by atoms with Gasteiger partial charge < -0.3 is 4.74 Å². The summed E-state index contributed by atoms with van der Waals surface area (Å²) in [6, 6.07) is 17.6. The van der Waals surface area contributed by atoms with Crippen LogP contribution in [0.1, 0.15) is 32.3 Å². The first-order chi connectivity index (χ1) is 14.3. The molecule has 148 valence electrons. The minimum atomic E-state index is -4.79. The van der Waals surface area contributed by atoms with Crippen molar-refractivity contribution in [2.45, 2.75) is 12.3 Å². The third-order valence-corrected chi connectivity index (χ3v) is 5.15. The molecule has 0 aliphatic heterocycles. The Morgan fingerprint density at radius 3 is 2.00 bits per heavy atom. The smallest absolute Gasteiger partial charge is 0.406 e. The maximum Gasteiger partial charge on any atom is 0.573 e. The third-order valence-electron chi connectivity index (χ3n) is 5.15. The predicted molar refractivity (Wildman–Crippen MR) is 104 cm³/mol. The van der Waals surface area contributed by atoms with Gasteiger partial charge in [0.2, 0.25) is 0 Å². The largest absolute Gasteiger partial charge is 0.573 e. The predicted octanol–water partition coefficient (Wildman–Crippen LogP) is 5.45. The number of ketones is 2. The van der Waals surface area contributed by atoms with E-state index in [0.29, 0.717) is 22.0 Å². The van der Waals surface area contributed by atoms with Crippen LogP contribution in [-0.4, -0.2) is 22.9 Å². The van der Waals surface area contributed by atoms with Gasteiger partial charge in [0, 0.05) is 16.5 Å². The van der Waals surface area contributed by atoms with Gasteiger partial charge in [-0.15, -0.1) is 13.2 Å². The van der Waals surface area contributed by atoms with Crippen molar-refractivity contribution in [3.05, 3.63) is 83.6 Å². The highest BCUT2D eigenvalue weighted by Crippen LogP contribution is 2.36. The number of benzene rings is 3. The number of alkyl halides is 3. The normalized spacial score (nSPS) is 14.5. The Morgan fingerprint density at radius 1 is 0.767 bits per heavy atom. The molecular formula is C23H12F3NO3. The van der Waals surface area contributed by atoms with Gasteiger partial charge in [0.05, 0.1) is 11.2 Å². The number of hydrogen-bond donors (Lipinski definition) is 0. The second-order valence-electron chi connectivity index (χ2n) is 7.04. The lowest BCUT2D eigenvalue weighted by Gasteiger charge is -2.11. The fraction of sp³-hybridized carbons (Fsp3) is 0.0870. The average Bonchev–Trinajstić information content (AvgIpc) is 2.94. The summed E-state index contributed by atoms with van der Waals surface area (Å²) in [7, 11) is 0. The van der Waals surface area contributed by atoms with Crippen molar-refractivity contribution in [3.63, 3.8) is 0 Å². The third kappa shape index (κ3) is 2.99. The van der Waals surface area contributed by atoms with Crippen molar-refractivity contribution < 1.29 is 27.5 Å². The zero-order chi connectivity index (χ0) is 21.0. The van der Waals surface area contributed by atoms with Crippen molar-refractivity contribution in [2.75, 3.05) is 0 Å². The van der Waals surface area contributed by atoms with Crippen LogP contribution in [0.25, 0.3) is 21.7 Å². The summed E-state index contributed by atoms with van der Waals surface area (Å²) in [4.78, 5) is 30.4. The van der Waals surface area contributed by atoms with Crippen LogP contribution in [0.15, 0.2) is 66.7 Å². The van der Waals surface area contributed by atoms with Crippen molar-refractivity contribution in [1.29, 1.82) is 0 Å². The summed E-state index contributed by atoms with van der Waals surface area (Å²) >= 11 is 0. The van der Waals surface area contributed by atoms with E-state index in [2.05, 4.69) is 9.72 Å². The highest BCUT2D eigenvalue weighted by molar-refractivity contribution is 6.30. The second kappa shape index (κ2) is 6.38. The Kier molecular flexibility index (Phi) is 3.89. The van der Waals surface area contributed by atoms with Crippen LogP contribution >= 0.6 is 0 Å². The summed E-state index contributed by atoms with van der Waals surface area (Å²) in [5, 5.41) is 2.13. The van der Waals surface area contributed by atoms with Gasteiger partial charge in [0.25, 0.3) is 0 Å². The number of rotatable bonds is 2. The summed E-state index contributed by atoms with van der Waals surface area (Å²) in [5.41, 5.74) is 1.35. The van der Waals surface area contributed by atoms with E-state index in [1.807, 2.05) is 24.3 Å². The average molecular weight is 407 g/mol. The number of pyridine rings is 1. The molecule has 0 saturated carbocycles. The monoisotopic (exact) mass is 407 g/mol. The van der Waals surface area contributed by atoms with Gasteiger partial charge >= 0.3 is 6.36 Å². The molecule has 4 nitrogen and oxygen atoms in total. The minimum absolute atomic E-state index is 0.266. The molecule has 1 aliphatic rings. The summed E-state index contributed by atoms with van der Waals surface area (Å²) in [5.74, 6) is -2.08. The van der Waals surface area contributed by atoms with Crippen LogP contribution in [0.5, 0.6) is 5.75 Å². The van der Waals surface area contributed by atoms with E-state index in [1.54, 1.807) is 12.1 Å². The number of Topliss-reactive ketones (excluding diaryl/α,β-unsaturated/α-hetero) is 2. The zero-order valence-corrected chi connectivity index (χ0v) is 15.2. The molecule has 1 aromatic heterocycles.